The maximum Gasteiger partial charge on any atom is 0.231 e. The summed E-state index contributed by atoms with van der Waals surface area (Å²) < 4.78 is 5.52. The summed E-state index contributed by atoms with van der Waals surface area (Å²) in [6, 6.07) is 4.95. The van der Waals surface area contributed by atoms with Gasteiger partial charge >= 0.3 is 0 Å². The highest BCUT2D eigenvalue weighted by Gasteiger charge is 2.58. The monoisotopic (exact) mass is 410 g/mol. The lowest BCUT2D eigenvalue weighted by molar-refractivity contribution is -0.128. The summed E-state index contributed by atoms with van der Waals surface area (Å²) in [5.41, 5.74) is 1.66. The van der Waals surface area contributed by atoms with Crippen molar-refractivity contribution in [3.05, 3.63) is 35.4 Å². The van der Waals surface area contributed by atoms with Gasteiger partial charge in [0.15, 0.2) is 11.5 Å². The van der Waals surface area contributed by atoms with E-state index in [-0.39, 0.29) is 35.3 Å². The molecule has 2 aliphatic carbocycles. The minimum absolute atomic E-state index is 0.00471. The number of carbonyl (C=O) groups excluding carboxylic acids is 4. The van der Waals surface area contributed by atoms with Gasteiger partial charge in [0.2, 0.25) is 23.6 Å². The topological polar surface area (TPSA) is 122 Å². The molecule has 2 aliphatic heterocycles. The third-order valence-electron chi connectivity index (χ3n) is 6.98. The Labute approximate surface area is 172 Å². The minimum Gasteiger partial charge on any atom is -0.504 e. The number of phenolic OH excluding ortho intramolecular Hbond substituents is 1. The van der Waals surface area contributed by atoms with Crippen LogP contribution in [0.25, 0.3) is 0 Å². The van der Waals surface area contributed by atoms with Crippen LogP contribution in [0.4, 0.5) is 0 Å². The summed E-state index contributed by atoms with van der Waals surface area (Å²) in [7, 11) is 0. The highest BCUT2D eigenvalue weighted by Crippen LogP contribution is 2.56. The van der Waals surface area contributed by atoms with Crippen molar-refractivity contribution >= 4 is 23.6 Å². The largest absolute Gasteiger partial charge is 0.504 e. The number of fused-ring (bicyclic) bond motifs is 4. The maximum absolute atomic E-state index is 12.7. The molecule has 1 aromatic rings. The van der Waals surface area contributed by atoms with Crippen molar-refractivity contribution in [3.63, 3.8) is 0 Å². The van der Waals surface area contributed by atoms with Crippen molar-refractivity contribution in [2.45, 2.75) is 25.7 Å². The van der Waals surface area contributed by atoms with Crippen LogP contribution < -0.4 is 15.4 Å². The molecule has 0 radical (unpaired) electrons. The molecular formula is C22H22N2O6. The Morgan fingerprint density at radius 1 is 0.967 bits per heavy atom. The molecule has 8 nitrogen and oxygen atoms in total. The highest BCUT2D eigenvalue weighted by atomic mass is 16.5. The molecule has 1 saturated carbocycles. The van der Waals surface area contributed by atoms with E-state index in [9.17, 15) is 24.3 Å². The molecule has 2 saturated heterocycles. The van der Waals surface area contributed by atoms with E-state index in [1.165, 1.54) is 6.07 Å². The Morgan fingerprint density at radius 3 is 2.40 bits per heavy atom. The number of allylic oxidation sites excluding steroid dienone is 2. The second-order valence-electron chi connectivity index (χ2n) is 8.39. The molecule has 3 N–H and O–H groups in total. The number of imide groups is 2. The van der Waals surface area contributed by atoms with E-state index in [1.54, 1.807) is 19.1 Å². The average molecular weight is 410 g/mol. The fourth-order valence-corrected chi connectivity index (χ4v) is 5.78. The van der Waals surface area contributed by atoms with E-state index >= 15 is 0 Å². The van der Waals surface area contributed by atoms with Gasteiger partial charge in [-0.2, -0.15) is 0 Å². The van der Waals surface area contributed by atoms with E-state index in [1.807, 2.05) is 6.08 Å². The van der Waals surface area contributed by atoms with E-state index < -0.39 is 29.6 Å². The maximum atomic E-state index is 12.7. The number of benzene rings is 1. The molecule has 156 valence electrons. The molecule has 6 unspecified atom stereocenters. The Hall–Kier alpha value is -3.16. The normalized spacial score (nSPS) is 34.5. The van der Waals surface area contributed by atoms with Crippen LogP contribution in [0.5, 0.6) is 11.5 Å². The number of amides is 4. The third kappa shape index (κ3) is 2.59. The molecule has 3 fully saturated rings. The number of nitrogens with one attached hydrogen (secondary N) is 2. The number of hydrogen-bond acceptors (Lipinski definition) is 6. The summed E-state index contributed by atoms with van der Waals surface area (Å²) in [6.45, 7) is 2.17. The second-order valence-corrected chi connectivity index (χ2v) is 8.39. The van der Waals surface area contributed by atoms with E-state index in [0.717, 1.165) is 11.1 Å². The minimum atomic E-state index is -0.587. The van der Waals surface area contributed by atoms with Crippen molar-refractivity contribution in [3.8, 4) is 11.5 Å². The van der Waals surface area contributed by atoms with Gasteiger partial charge in [-0.25, -0.2) is 0 Å². The van der Waals surface area contributed by atoms with Gasteiger partial charge in [-0.05, 0) is 43.4 Å². The van der Waals surface area contributed by atoms with E-state index in [2.05, 4.69) is 10.6 Å². The van der Waals surface area contributed by atoms with Crippen molar-refractivity contribution in [2.75, 3.05) is 6.61 Å². The molecule has 6 atom stereocenters. The predicted molar refractivity (Wildman–Crippen MR) is 103 cm³/mol. The van der Waals surface area contributed by atoms with Crippen LogP contribution in [-0.2, 0) is 19.2 Å². The van der Waals surface area contributed by atoms with Crippen LogP contribution in [-0.4, -0.2) is 35.3 Å². The van der Waals surface area contributed by atoms with Gasteiger partial charge in [0.25, 0.3) is 0 Å². The number of carbonyl (C=O) groups is 4. The Kier molecular flexibility index (Phi) is 4.20. The van der Waals surface area contributed by atoms with Gasteiger partial charge in [-0.1, -0.05) is 17.7 Å². The summed E-state index contributed by atoms with van der Waals surface area (Å²) in [6.07, 6.45) is 2.75. The third-order valence-corrected chi connectivity index (χ3v) is 6.98. The van der Waals surface area contributed by atoms with Crippen molar-refractivity contribution in [1.82, 2.24) is 10.6 Å². The first-order valence-electron chi connectivity index (χ1n) is 10.3. The van der Waals surface area contributed by atoms with Crippen LogP contribution in [0, 0.1) is 29.6 Å². The fourth-order valence-electron chi connectivity index (χ4n) is 5.78. The van der Waals surface area contributed by atoms with Gasteiger partial charge in [-0.3, -0.25) is 29.8 Å². The molecule has 5 rings (SSSR count). The van der Waals surface area contributed by atoms with Gasteiger partial charge in [-0.15, -0.1) is 0 Å². The van der Waals surface area contributed by atoms with Crippen molar-refractivity contribution in [1.29, 1.82) is 0 Å². The molecule has 1 aromatic carbocycles. The molecule has 30 heavy (non-hydrogen) atoms. The standard InChI is InChI=1S/C22H22N2O6/c1-2-30-15-7-9(3-6-14(15)25)16-10-4-5-11-17(21(28)23-19(11)26)12(10)8-13-18(16)22(29)24-20(13)27/h3-4,6-7,11-13,16-18,25H,2,5,8H2,1H3,(H,23,26,28)(H,24,27,29). The molecule has 4 amide bonds. The number of hydrogen-bond donors (Lipinski definition) is 3. The quantitative estimate of drug-likeness (QED) is 0.505. The predicted octanol–water partition coefficient (Wildman–Crippen LogP) is 1.00. The van der Waals surface area contributed by atoms with Crippen LogP contribution in [0.2, 0.25) is 0 Å². The SMILES string of the molecule is CCOc1cc(C2C3=CCC4C(=O)NC(=O)C4C3CC3C(=O)NC(=O)C32)ccc1O. The smallest absolute Gasteiger partial charge is 0.231 e. The molecule has 0 aromatic heterocycles. The lowest BCUT2D eigenvalue weighted by atomic mass is 9.57. The first-order valence-corrected chi connectivity index (χ1v) is 10.3. The van der Waals surface area contributed by atoms with E-state index in [4.69, 9.17) is 4.74 Å². The van der Waals surface area contributed by atoms with Crippen LogP contribution in [0.3, 0.4) is 0 Å². The van der Waals surface area contributed by atoms with Crippen LogP contribution in [0.15, 0.2) is 29.8 Å². The van der Waals surface area contributed by atoms with Gasteiger partial charge < -0.3 is 9.84 Å². The molecule has 4 aliphatic rings. The summed E-state index contributed by atoms with van der Waals surface area (Å²) in [4.78, 5) is 50.0. The summed E-state index contributed by atoms with van der Waals surface area (Å²) in [5, 5.41) is 15.0. The summed E-state index contributed by atoms with van der Waals surface area (Å²) in [5.74, 6) is -3.73. The lowest BCUT2D eigenvalue weighted by Crippen LogP contribution is -2.42. The Bertz CT molecular complexity index is 1010. The fraction of sp³-hybridized carbons (Fsp3) is 0.455. The number of ether oxygens (including phenoxy) is 1. The number of aromatic hydroxyl groups is 1. The summed E-state index contributed by atoms with van der Waals surface area (Å²) >= 11 is 0. The van der Waals surface area contributed by atoms with Gasteiger partial charge in [0, 0.05) is 5.92 Å². The number of rotatable bonds is 3. The zero-order chi connectivity index (χ0) is 21.2. The highest BCUT2D eigenvalue weighted by molar-refractivity contribution is 6.07. The average Bonchev–Trinajstić information content (AvgIpc) is 3.17. The molecule has 0 bridgehead atoms. The van der Waals surface area contributed by atoms with Crippen LogP contribution >= 0.6 is 0 Å². The molecule has 2 heterocycles. The lowest BCUT2D eigenvalue weighted by Gasteiger charge is -2.44. The zero-order valence-electron chi connectivity index (χ0n) is 16.4. The van der Waals surface area contributed by atoms with Gasteiger partial charge in [0.1, 0.15) is 0 Å². The first kappa shape index (κ1) is 18.8. The number of phenols is 1. The molecule has 0 spiro atoms. The van der Waals surface area contributed by atoms with Crippen LogP contribution in [0.1, 0.15) is 31.2 Å². The van der Waals surface area contributed by atoms with Gasteiger partial charge in [0.05, 0.1) is 30.3 Å². The van der Waals surface area contributed by atoms with Crippen molar-refractivity contribution < 1.29 is 29.0 Å². The van der Waals surface area contributed by atoms with Crippen molar-refractivity contribution in [2.24, 2.45) is 29.6 Å². The first-order chi connectivity index (χ1) is 14.4. The van der Waals surface area contributed by atoms with E-state index in [0.29, 0.717) is 25.2 Å². The zero-order valence-corrected chi connectivity index (χ0v) is 16.4. The molecule has 8 heteroatoms. The second kappa shape index (κ2) is 6.68. The Balaban J connectivity index is 1.64. The Morgan fingerprint density at radius 2 is 1.67 bits per heavy atom. The molecular weight excluding hydrogens is 388 g/mol.